The average Bonchev–Trinajstić information content (AvgIpc) is 2.69. The fraction of sp³-hybridized carbons (Fsp3) is 0.261. The van der Waals surface area contributed by atoms with Crippen LogP contribution in [-0.2, 0) is 21.0 Å². The molecular weight excluding hydrogens is 352 g/mol. The van der Waals surface area contributed by atoms with Gasteiger partial charge in [0.2, 0.25) is 5.91 Å². The van der Waals surface area contributed by atoms with Gasteiger partial charge in [0.15, 0.2) is 5.78 Å². The maximum Gasteiger partial charge on any atom is 0.248 e. The van der Waals surface area contributed by atoms with Crippen LogP contribution in [0, 0.1) is 11.8 Å². The Labute approximate surface area is 165 Å². The summed E-state index contributed by atoms with van der Waals surface area (Å²) in [6, 6.07) is 19.0. The van der Waals surface area contributed by atoms with Crippen molar-refractivity contribution in [2.45, 2.75) is 27.4 Å². The van der Waals surface area contributed by atoms with E-state index in [9.17, 15) is 9.59 Å². The first kappa shape index (κ1) is 19.5. The molecular formula is C23H24N2O3. The van der Waals surface area contributed by atoms with Gasteiger partial charge in [0.1, 0.15) is 12.5 Å². The number of ketones is 1. The summed E-state index contributed by atoms with van der Waals surface area (Å²) in [6.07, 6.45) is 1.56. The molecule has 1 heterocycles. The second-order valence-electron chi connectivity index (χ2n) is 7.06. The van der Waals surface area contributed by atoms with Crippen molar-refractivity contribution in [3.05, 3.63) is 78.0 Å². The highest BCUT2D eigenvalue weighted by Gasteiger charge is 2.39. The molecule has 5 nitrogen and oxygen atoms in total. The molecule has 0 aliphatic carbocycles. The average molecular weight is 376 g/mol. The van der Waals surface area contributed by atoms with Crippen molar-refractivity contribution in [1.82, 2.24) is 0 Å². The molecule has 5 heteroatoms. The maximum absolute atomic E-state index is 13.3. The minimum Gasteiger partial charge on any atom is -0.391 e. The van der Waals surface area contributed by atoms with E-state index in [1.165, 1.54) is 0 Å². The van der Waals surface area contributed by atoms with E-state index in [2.05, 4.69) is 5.16 Å². The number of oxime groups is 1. The lowest BCUT2D eigenvalue weighted by Crippen LogP contribution is -2.47. The highest BCUT2D eigenvalue weighted by atomic mass is 16.6. The smallest absolute Gasteiger partial charge is 0.248 e. The first-order valence-electron chi connectivity index (χ1n) is 9.34. The molecule has 0 saturated heterocycles. The second kappa shape index (κ2) is 8.65. The molecule has 28 heavy (non-hydrogen) atoms. The molecule has 0 aromatic heterocycles. The van der Waals surface area contributed by atoms with E-state index < -0.39 is 5.92 Å². The molecule has 0 spiro atoms. The number of para-hydroxylation sites is 1. The monoisotopic (exact) mass is 376 g/mol. The number of hydrogen-bond acceptors (Lipinski definition) is 4. The Morgan fingerprint density at radius 1 is 1.04 bits per heavy atom. The van der Waals surface area contributed by atoms with Crippen molar-refractivity contribution < 1.29 is 14.4 Å². The van der Waals surface area contributed by atoms with E-state index in [1.807, 2.05) is 74.5 Å². The summed E-state index contributed by atoms with van der Waals surface area (Å²) < 4.78 is 0. The first-order valence-corrected chi connectivity index (χ1v) is 9.34. The molecule has 2 aromatic rings. The Morgan fingerprint density at radius 3 is 2.25 bits per heavy atom. The number of rotatable bonds is 6. The van der Waals surface area contributed by atoms with Crippen molar-refractivity contribution in [3.8, 4) is 0 Å². The van der Waals surface area contributed by atoms with Gasteiger partial charge in [-0.25, -0.2) is 0 Å². The third kappa shape index (κ3) is 4.19. The lowest BCUT2D eigenvalue weighted by atomic mass is 9.89. The Morgan fingerprint density at radius 2 is 1.64 bits per heavy atom. The molecule has 144 valence electrons. The Bertz CT molecular complexity index is 902. The predicted octanol–water partition coefficient (Wildman–Crippen LogP) is 4.35. The van der Waals surface area contributed by atoms with Crippen LogP contribution in [0.4, 0.5) is 5.69 Å². The molecule has 1 unspecified atom stereocenters. The third-order valence-corrected chi connectivity index (χ3v) is 4.61. The van der Waals surface area contributed by atoms with Gasteiger partial charge in [-0.1, -0.05) is 67.5 Å². The van der Waals surface area contributed by atoms with Gasteiger partial charge in [-0.15, -0.1) is 0 Å². The molecule has 0 bridgehead atoms. The first-order chi connectivity index (χ1) is 13.5. The highest BCUT2D eigenvalue weighted by Crippen LogP contribution is 2.30. The van der Waals surface area contributed by atoms with Crippen LogP contribution in [0.2, 0.25) is 0 Å². The summed E-state index contributed by atoms with van der Waals surface area (Å²) in [5.41, 5.74) is 2.75. The summed E-state index contributed by atoms with van der Waals surface area (Å²) >= 11 is 0. The fourth-order valence-corrected chi connectivity index (χ4v) is 3.17. The minimum atomic E-state index is -0.974. The summed E-state index contributed by atoms with van der Waals surface area (Å²) in [5.74, 6) is -1.50. The number of amides is 1. The largest absolute Gasteiger partial charge is 0.391 e. The fourth-order valence-electron chi connectivity index (χ4n) is 3.17. The molecule has 0 fully saturated rings. The Balaban J connectivity index is 1.85. The molecule has 2 aromatic carbocycles. The van der Waals surface area contributed by atoms with Crippen molar-refractivity contribution in [1.29, 1.82) is 0 Å². The maximum atomic E-state index is 13.3. The van der Waals surface area contributed by atoms with Crippen LogP contribution < -0.4 is 4.90 Å². The van der Waals surface area contributed by atoms with Crippen molar-refractivity contribution in [3.63, 3.8) is 0 Å². The number of allylic oxidation sites excluding steroid dienone is 2. The van der Waals surface area contributed by atoms with Crippen LogP contribution in [0.25, 0.3) is 0 Å². The van der Waals surface area contributed by atoms with Gasteiger partial charge in [-0.3, -0.25) is 14.5 Å². The van der Waals surface area contributed by atoms with Crippen LogP contribution in [0.15, 0.2) is 77.6 Å². The van der Waals surface area contributed by atoms with Crippen LogP contribution in [0.5, 0.6) is 0 Å². The molecule has 0 N–H and O–H groups in total. The van der Waals surface area contributed by atoms with E-state index >= 15 is 0 Å². The Kier molecular flexibility index (Phi) is 6.04. The van der Waals surface area contributed by atoms with E-state index in [-0.39, 0.29) is 24.2 Å². The van der Waals surface area contributed by atoms with Crippen LogP contribution >= 0.6 is 0 Å². The number of nitrogens with zero attached hydrogens (tertiary/aromatic N) is 2. The van der Waals surface area contributed by atoms with E-state index in [0.717, 1.165) is 11.3 Å². The molecule has 1 aliphatic rings. The SMILES string of the molecule is C/C(=N\OCc1ccccc1)C1C(=O)C=C(C(C)C)N(c2ccccc2)C1=O. The molecule has 1 atom stereocenters. The topological polar surface area (TPSA) is 59.0 Å². The van der Waals surface area contributed by atoms with Crippen LogP contribution in [0.3, 0.4) is 0 Å². The summed E-state index contributed by atoms with van der Waals surface area (Å²) in [5, 5.41) is 4.06. The molecule has 3 rings (SSSR count). The minimum absolute atomic E-state index is 0.0284. The molecule has 0 saturated carbocycles. The van der Waals surface area contributed by atoms with Crippen molar-refractivity contribution in [2.24, 2.45) is 17.0 Å². The van der Waals surface area contributed by atoms with Crippen molar-refractivity contribution in [2.75, 3.05) is 4.90 Å². The quantitative estimate of drug-likeness (QED) is 0.428. The Hall–Kier alpha value is -3.21. The molecule has 0 radical (unpaired) electrons. The van der Waals surface area contributed by atoms with Gasteiger partial charge in [-0.2, -0.15) is 0 Å². The summed E-state index contributed by atoms with van der Waals surface area (Å²) in [7, 11) is 0. The van der Waals surface area contributed by atoms with Crippen LogP contribution in [0.1, 0.15) is 26.3 Å². The predicted molar refractivity (Wildman–Crippen MR) is 110 cm³/mol. The second-order valence-corrected chi connectivity index (χ2v) is 7.06. The number of carbonyl (C=O) groups excluding carboxylic acids is 2. The lowest BCUT2D eigenvalue weighted by molar-refractivity contribution is -0.128. The number of anilines is 1. The van der Waals surface area contributed by atoms with Gasteiger partial charge in [0.25, 0.3) is 0 Å². The molecule has 1 aliphatic heterocycles. The molecule has 1 amide bonds. The zero-order chi connectivity index (χ0) is 20.1. The lowest BCUT2D eigenvalue weighted by Gasteiger charge is -2.34. The standard InChI is InChI=1S/C23H24N2O3/c1-16(2)20-14-21(26)22(23(27)25(20)19-12-8-5-9-13-19)17(3)24-28-15-18-10-6-4-7-11-18/h4-14,16,22H,15H2,1-3H3/b24-17+. The van der Waals surface area contributed by atoms with Crippen LogP contribution in [-0.4, -0.2) is 17.4 Å². The third-order valence-electron chi connectivity index (χ3n) is 4.61. The number of hydrogen-bond donors (Lipinski definition) is 0. The summed E-state index contributed by atoms with van der Waals surface area (Å²) in [4.78, 5) is 33.0. The number of benzene rings is 2. The van der Waals surface area contributed by atoms with Gasteiger partial charge in [0.05, 0.1) is 5.71 Å². The van der Waals surface area contributed by atoms with E-state index in [4.69, 9.17) is 4.84 Å². The van der Waals surface area contributed by atoms with E-state index in [0.29, 0.717) is 11.4 Å². The number of carbonyl (C=O) groups is 2. The highest BCUT2D eigenvalue weighted by molar-refractivity contribution is 6.28. The van der Waals surface area contributed by atoms with Gasteiger partial charge >= 0.3 is 0 Å². The van der Waals surface area contributed by atoms with Gasteiger partial charge in [0, 0.05) is 17.5 Å². The van der Waals surface area contributed by atoms with Gasteiger partial charge < -0.3 is 4.84 Å². The zero-order valence-electron chi connectivity index (χ0n) is 16.3. The summed E-state index contributed by atoms with van der Waals surface area (Å²) in [6.45, 7) is 5.87. The zero-order valence-corrected chi connectivity index (χ0v) is 16.3. The van der Waals surface area contributed by atoms with Crippen molar-refractivity contribution >= 4 is 23.1 Å². The normalized spacial score (nSPS) is 17.7. The van der Waals surface area contributed by atoms with Gasteiger partial charge in [-0.05, 0) is 30.5 Å². The van der Waals surface area contributed by atoms with E-state index in [1.54, 1.807) is 17.9 Å².